The predicted octanol–water partition coefficient (Wildman–Crippen LogP) is 5.11. The van der Waals surface area contributed by atoms with Crippen LogP contribution in [0.5, 0.6) is 5.75 Å². The third kappa shape index (κ3) is 6.28. The Kier molecular flexibility index (Phi) is 6.67. The van der Waals surface area contributed by atoms with Crippen molar-refractivity contribution in [3.63, 3.8) is 0 Å². The van der Waals surface area contributed by atoms with Crippen molar-refractivity contribution in [2.45, 2.75) is 12.9 Å². The molecule has 34 heavy (non-hydrogen) atoms. The van der Waals surface area contributed by atoms with Gasteiger partial charge in [-0.05, 0) is 48.0 Å². The van der Waals surface area contributed by atoms with Crippen LogP contribution in [0.3, 0.4) is 0 Å². The Morgan fingerprint density at radius 1 is 0.971 bits per heavy atom. The van der Waals surface area contributed by atoms with Crippen molar-refractivity contribution in [2.24, 2.45) is 0 Å². The van der Waals surface area contributed by atoms with Gasteiger partial charge in [-0.3, -0.25) is 9.78 Å². The van der Waals surface area contributed by atoms with E-state index >= 15 is 0 Å². The average Bonchev–Trinajstić information content (AvgIpc) is 2.84. The Morgan fingerprint density at radius 2 is 1.79 bits per heavy atom. The smallest absolute Gasteiger partial charge is 0.406 e. The van der Waals surface area contributed by atoms with Crippen molar-refractivity contribution in [1.82, 2.24) is 20.3 Å². The van der Waals surface area contributed by atoms with Crippen LogP contribution in [0.2, 0.25) is 0 Å². The Balaban J connectivity index is 1.44. The molecule has 0 fully saturated rings. The number of carbonyl (C=O) groups is 1. The number of benzene rings is 2. The topological polar surface area (TPSA) is 89.0 Å². The zero-order valence-corrected chi connectivity index (χ0v) is 17.6. The number of aromatic nitrogens is 3. The summed E-state index contributed by atoms with van der Waals surface area (Å²) in [6.45, 7) is 0.352. The number of pyridine rings is 1. The minimum Gasteiger partial charge on any atom is -0.406 e. The molecule has 1 amide bonds. The summed E-state index contributed by atoms with van der Waals surface area (Å²) in [6.07, 6.45) is -0.0470. The first-order valence-electron chi connectivity index (χ1n) is 10.1. The Morgan fingerprint density at radius 3 is 2.53 bits per heavy atom. The molecule has 0 aliphatic carbocycles. The molecule has 0 radical (unpaired) electrons. The second kappa shape index (κ2) is 9.99. The number of nitrogens with one attached hydrogen (secondary N) is 2. The molecule has 2 heterocycles. The molecule has 4 rings (SSSR count). The Labute approximate surface area is 192 Å². The first-order valence-corrected chi connectivity index (χ1v) is 10.1. The van der Waals surface area contributed by atoms with Gasteiger partial charge in [0.15, 0.2) is 0 Å². The van der Waals surface area contributed by atoms with Gasteiger partial charge >= 0.3 is 6.36 Å². The summed E-state index contributed by atoms with van der Waals surface area (Å²) in [4.78, 5) is 25.0. The lowest BCUT2D eigenvalue weighted by atomic mass is 10.1. The van der Waals surface area contributed by atoms with Crippen molar-refractivity contribution in [1.29, 1.82) is 0 Å². The molecule has 0 saturated carbocycles. The number of ether oxygens (including phenoxy) is 1. The minimum atomic E-state index is -4.75. The normalized spacial score (nSPS) is 11.0. The highest BCUT2D eigenvalue weighted by atomic mass is 19.4. The summed E-state index contributed by atoms with van der Waals surface area (Å²) < 4.78 is 40.8. The van der Waals surface area contributed by atoms with E-state index in [1.54, 1.807) is 42.7 Å². The first-order chi connectivity index (χ1) is 16.4. The van der Waals surface area contributed by atoms with Gasteiger partial charge in [0.25, 0.3) is 5.91 Å². The summed E-state index contributed by atoms with van der Waals surface area (Å²) in [6, 6.07) is 17.6. The van der Waals surface area contributed by atoms with E-state index in [9.17, 15) is 18.0 Å². The molecule has 0 aliphatic heterocycles. The number of amides is 1. The molecule has 0 saturated heterocycles. The lowest BCUT2D eigenvalue weighted by Gasteiger charge is -2.11. The predicted molar refractivity (Wildman–Crippen MR) is 119 cm³/mol. The standard InChI is InChI=1S/C24H18F3N5O2/c25-24(26,27)34-20-8-6-19(7-9-20)32-22-12-21(30-15-31-22)17-4-1-5-18(11-17)23(33)29-14-16-3-2-10-28-13-16/h1-13,15H,14H2,(H,29,33)(H,30,31,32). The third-order valence-electron chi connectivity index (χ3n) is 4.62. The van der Waals surface area contributed by atoms with Crippen molar-refractivity contribution in [3.8, 4) is 17.0 Å². The SMILES string of the molecule is O=C(NCc1cccnc1)c1cccc(-c2cc(Nc3ccc(OC(F)(F)F)cc3)ncn2)c1. The molecule has 0 bridgehead atoms. The lowest BCUT2D eigenvalue weighted by molar-refractivity contribution is -0.274. The number of nitrogens with zero attached hydrogens (tertiary/aromatic N) is 3. The molecule has 0 unspecified atom stereocenters. The van der Waals surface area contributed by atoms with E-state index < -0.39 is 6.36 Å². The molecular weight excluding hydrogens is 447 g/mol. The largest absolute Gasteiger partial charge is 0.573 e. The maximum atomic E-state index is 12.6. The quantitative estimate of drug-likeness (QED) is 0.394. The van der Waals surface area contributed by atoms with Crippen LogP contribution in [-0.2, 0) is 6.54 Å². The fourth-order valence-corrected chi connectivity index (χ4v) is 3.08. The zero-order chi connectivity index (χ0) is 24.0. The maximum absolute atomic E-state index is 12.6. The zero-order valence-electron chi connectivity index (χ0n) is 17.6. The van der Waals surface area contributed by atoms with Crippen LogP contribution >= 0.6 is 0 Å². The van der Waals surface area contributed by atoms with Gasteiger partial charge < -0.3 is 15.4 Å². The summed E-state index contributed by atoms with van der Waals surface area (Å²) in [5.74, 6) is -0.125. The van der Waals surface area contributed by atoms with E-state index in [-0.39, 0.29) is 11.7 Å². The van der Waals surface area contributed by atoms with Gasteiger partial charge in [-0.25, -0.2) is 9.97 Å². The number of hydrogen-bond acceptors (Lipinski definition) is 6. The van der Waals surface area contributed by atoms with Crippen LogP contribution in [0.1, 0.15) is 15.9 Å². The van der Waals surface area contributed by atoms with Gasteiger partial charge in [0, 0.05) is 41.8 Å². The second-order valence-corrected chi connectivity index (χ2v) is 7.11. The van der Waals surface area contributed by atoms with E-state index in [0.29, 0.717) is 34.9 Å². The summed E-state index contributed by atoms with van der Waals surface area (Å²) in [5.41, 5.74) is 3.14. The van der Waals surface area contributed by atoms with E-state index in [1.165, 1.54) is 30.6 Å². The van der Waals surface area contributed by atoms with Crippen LogP contribution in [0.15, 0.2) is 85.5 Å². The molecule has 0 spiro atoms. The van der Waals surface area contributed by atoms with Gasteiger partial charge in [0.1, 0.15) is 17.9 Å². The highest BCUT2D eigenvalue weighted by Gasteiger charge is 2.30. The monoisotopic (exact) mass is 465 g/mol. The highest BCUT2D eigenvalue weighted by molar-refractivity contribution is 5.95. The molecule has 0 aliphatic rings. The van der Waals surface area contributed by atoms with E-state index in [2.05, 4.69) is 30.3 Å². The minimum absolute atomic E-state index is 0.237. The van der Waals surface area contributed by atoms with Gasteiger partial charge in [-0.1, -0.05) is 18.2 Å². The number of alkyl halides is 3. The molecule has 2 aromatic heterocycles. The van der Waals surface area contributed by atoms with Crippen LogP contribution < -0.4 is 15.4 Å². The number of halogens is 3. The Bertz CT molecular complexity index is 1270. The third-order valence-corrected chi connectivity index (χ3v) is 4.62. The second-order valence-electron chi connectivity index (χ2n) is 7.11. The molecular formula is C24H18F3N5O2. The molecule has 0 atom stereocenters. The molecule has 2 N–H and O–H groups in total. The van der Waals surface area contributed by atoms with E-state index in [4.69, 9.17) is 0 Å². The van der Waals surface area contributed by atoms with E-state index in [1.807, 2.05) is 12.1 Å². The molecule has 172 valence electrons. The number of anilines is 2. The van der Waals surface area contributed by atoms with Crippen molar-refractivity contribution < 1.29 is 22.7 Å². The van der Waals surface area contributed by atoms with Crippen LogP contribution in [-0.4, -0.2) is 27.2 Å². The fraction of sp³-hybridized carbons (Fsp3) is 0.0833. The average molecular weight is 465 g/mol. The van der Waals surface area contributed by atoms with Gasteiger partial charge in [-0.2, -0.15) is 0 Å². The van der Waals surface area contributed by atoms with Crippen LogP contribution in [0.4, 0.5) is 24.7 Å². The van der Waals surface area contributed by atoms with E-state index in [0.717, 1.165) is 5.56 Å². The molecule has 7 nitrogen and oxygen atoms in total. The van der Waals surface area contributed by atoms with Gasteiger partial charge in [0.2, 0.25) is 0 Å². The van der Waals surface area contributed by atoms with Crippen molar-refractivity contribution in [3.05, 3.63) is 96.6 Å². The summed E-state index contributed by atoms with van der Waals surface area (Å²) >= 11 is 0. The Hall–Kier alpha value is -4.47. The number of rotatable bonds is 7. The van der Waals surface area contributed by atoms with Crippen LogP contribution in [0, 0.1) is 0 Å². The van der Waals surface area contributed by atoms with Crippen molar-refractivity contribution >= 4 is 17.4 Å². The fourth-order valence-electron chi connectivity index (χ4n) is 3.08. The first kappa shape index (κ1) is 22.7. The summed E-state index contributed by atoms with van der Waals surface area (Å²) in [5, 5.41) is 5.86. The molecule has 2 aromatic carbocycles. The number of carbonyl (C=O) groups excluding carboxylic acids is 1. The van der Waals surface area contributed by atoms with Gasteiger partial charge in [0.05, 0.1) is 5.69 Å². The molecule has 4 aromatic rings. The van der Waals surface area contributed by atoms with Crippen LogP contribution in [0.25, 0.3) is 11.3 Å². The highest BCUT2D eigenvalue weighted by Crippen LogP contribution is 2.26. The maximum Gasteiger partial charge on any atom is 0.573 e. The van der Waals surface area contributed by atoms with Crippen molar-refractivity contribution in [2.75, 3.05) is 5.32 Å². The van der Waals surface area contributed by atoms with Gasteiger partial charge in [-0.15, -0.1) is 13.2 Å². The summed E-state index contributed by atoms with van der Waals surface area (Å²) in [7, 11) is 0. The lowest BCUT2D eigenvalue weighted by Crippen LogP contribution is -2.22. The molecule has 10 heteroatoms. The number of hydrogen-bond donors (Lipinski definition) is 2.